The fourth-order valence-corrected chi connectivity index (χ4v) is 1.83. The van der Waals surface area contributed by atoms with Gasteiger partial charge in [-0.1, -0.05) is 15.9 Å². The molecule has 0 N–H and O–H groups in total. The third kappa shape index (κ3) is 3.68. The van der Waals surface area contributed by atoms with Crippen molar-refractivity contribution in [2.45, 2.75) is 18.4 Å². The largest absolute Gasteiger partial charge is 0.497 e. The predicted octanol–water partition coefficient (Wildman–Crippen LogP) is 3.00. The summed E-state index contributed by atoms with van der Waals surface area (Å²) in [5, 5.41) is 0.735. The molecule has 1 aromatic carbocycles. The molecule has 0 aliphatic carbocycles. The predicted molar refractivity (Wildman–Crippen MR) is 67.6 cm³/mol. The topological polar surface area (TPSA) is 27.7 Å². The molecular weight excluding hydrogens is 272 g/mol. The number of hydrogen-bond acceptors (Lipinski definition) is 3. The molecule has 3 nitrogen and oxygen atoms in total. The Morgan fingerprint density at radius 2 is 2.06 bits per heavy atom. The molecule has 0 saturated carbocycles. The van der Waals surface area contributed by atoms with Crippen molar-refractivity contribution in [3.05, 3.63) is 23.8 Å². The van der Waals surface area contributed by atoms with Crippen molar-refractivity contribution in [2.75, 3.05) is 20.8 Å². The summed E-state index contributed by atoms with van der Waals surface area (Å²) >= 11 is 3.43. The monoisotopic (exact) mass is 288 g/mol. The molecule has 1 unspecified atom stereocenters. The van der Waals surface area contributed by atoms with Gasteiger partial charge in [-0.2, -0.15) is 0 Å². The maximum absolute atomic E-state index is 5.77. The van der Waals surface area contributed by atoms with Crippen LogP contribution in [0.15, 0.2) is 18.2 Å². The number of methoxy groups -OCH3 is 2. The van der Waals surface area contributed by atoms with Crippen molar-refractivity contribution in [3.8, 4) is 11.5 Å². The molecule has 0 saturated heterocycles. The van der Waals surface area contributed by atoms with E-state index in [9.17, 15) is 0 Å². The minimum absolute atomic E-state index is 0.0381. The van der Waals surface area contributed by atoms with Crippen LogP contribution in [-0.2, 0) is 10.1 Å². The van der Waals surface area contributed by atoms with Crippen molar-refractivity contribution >= 4 is 15.9 Å². The molecule has 1 atom stereocenters. The van der Waals surface area contributed by atoms with Crippen LogP contribution in [0.3, 0.4) is 0 Å². The van der Waals surface area contributed by atoms with Gasteiger partial charge in [-0.15, -0.1) is 0 Å². The van der Waals surface area contributed by atoms with E-state index in [-0.39, 0.29) is 6.10 Å². The number of hydrogen-bond donors (Lipinski definition) is 0. The minimum atomic E-state index is 0.0381. The lowest BCUT2D eigenvalue weighted by Crippen LogP contribution is -2.18. The van der Waals surface area contributed by atoms with Crippen LogP contribution in [0, 0.1) is 0 Å². The summed E-state index contributed by atoms with van der Waals surface area (Å²) in [6, 6.07) is 5.77. The summed E-state index contributed by atoms with van der Waals surface area (Å²) < 4.78 is 16.0. The van der Waals surface area contributed by atoms with Gasteiger partial charge in [-0.3, -0.25) is 0 Å². The first kappa shape index (κ1) is 13.3. The molecular formula is C12H17BrO3. The first-order valence-electron chi connectivity index (χ1n) is 5.09. The summed E-state index contributed by atoms with van der Waals surface area (Å²) in [7, 11) is 3.32. The van der Waals surface area contributed by atoms with Gasteiger partial charge in [0.15, 0.2) is 0 Å². The maximum Gasteiger partial charge on any atom is 0.124 e. The average molecular weight is 289 g/mol. The van der Waals surface area contributed by atoms with Gasteiger partial charge in [0, 0.05) is 18.0 Å². The molecule has 0 bridgehead atoms. The van der Waals surface area contributed by atoms with Gasteiger partial charge < -0.3 is 14.2 Å². The lowest BCUT2D eigenvalue weighted by molar-refractivity contribution is 0.0915. The molecule has 1 aromatic rings. The minimum Gasteiger partial charge on any atom is -0.497 e. The van der Waals surface area contributed by atoms with Crippen molar-refractivity contribution in [1.29, 1.82) is 0 Å². The molecule has 0 fully saturated rings. The van der Waals surface area contributed by atoms with E-state index >= 15 is 0 Å². The van der Waals surface area contributed by atoms with Crippen LogP contribution >= 0.6 is 15.9 Å². The molecule has 0 aromatic heterocycles. The smallest absolute Gasteiger partial charge is 0.124 e. The quantitative estimate of drug-likeness (QED) is 0.753. The summed E-state index contributed by atoms with van der Waals surface area (Å²) in [5.74, 6) is 1.70. The van der Waals surface area contributed by atoms with Gasteiger partial charge in [0.25, 0.3) is 0 Å². The van der Waals surface area contributed by atoms with Crippen LogP contribution < -0.4 is 9.47 Å². The number of ether oxygens (including phenoxy) is 3. The van der Waals surface area contributed by atoms with E-state index in [4.69, 9.17) is 14.2 Å². The standard InChI is InChI=1S/C12H17BrO3/c1-9(8-14-2)16-12-5-4-11(15-3)6-10(12)7-13/h4-6,9H,7-8H2,1-3H3. The zero-order chi connectivity index (χ0) is 12.0. The first-order valence-corrected chi connectivity index (χ1v) is 6.22. The molecule has 0 aliphatic rings. The summed E-state index contributed by atoms with van der Waals surface area (Å²) in [5.41, 5.74) is 1.07. The highest BCUT2D eigenvalue weighted by atomic mass is 79.9. The zero-order valence-corrected chi connectivity index (χ0v) is 11.4. The van der Waals surface area contributed by atoms with Crippen molar-refractivity contribution in [2.24, 2.45) is 0 Å². The van der Waals surface area contributed by atoms with Crippen LogP contribution in [0.5, 0.6) is 11.5 Å². The third-order valence-corrected chi connectivity index (χ3v) is 2.75. The molecule has 0 aliphatic heterocycles. The highest BCUT2D eigenvalue weighted by molar-refractivity contribution is 9.08. The van der Waals surface area contributed by atoms with Crippen LogP contribution in [0.2, 0.25) is 0 Å². The number of alkyl halides is 1. The summed E-state index contributed by atoms with van der Waals surface area (Å²) in [6.07, 6.45) is 0.0381. The van der Waals surface area contributed by atoms with E-state index in [1.807, 2.05) is 25.1 Å². The Hall–Kier alpha value is -0.740. The highest BCUT2D eigenvalue weighted by Crippen LogP contribution is 2.26. The fourth-order valence-electron chi connectivity index (χ4n) is 1.39. The first-order chi connectivity index (χ1) is 7.71. The Labute approximate surface area is 105 Å². The second-order valence-corrected chi connectivity index (χ2v) is 4.05. The number of benzene rings is 1. The second kappa shape index (κ2) is 6.76. The molecule has 90 valence electrons. The van der Waals surface area contributed by atoms with E-state index < -0.39 is 0 Å². The van der Waals surface area contributed by atoms with Crippen molar-refractivity contribution in [1.82, 2.24) is 0 Å². The second-order valence-electron chi connectivity index (χ2n) is 3.49. The Balaban J connectivity index is 2.78. The molecule has 4 heteroatoms. The van der Waals surface area contributed by atoms with E-state index in [1.165, 1.54) is 0 Å². The zero-order valence-electron chi connectivity index (χ0n) is 9.83. The number of rotatable bonds is 6. The number of halogens is 1. The lowest BCUT2D eigenvalue weighted by Gasteiger charge is -2.16. The van der Waals surface area contributed by atoms with E-state index in [1.54, 1.807) is 14.2 Å². The van der Waals surface area contributed by atoms with E-state index in [0.717, 1.165) is 22.4 Å². The van der Waals surface area contributed by atoms with Crippen LogP contribution in [0.1, 0.15) is 12.5 Å². The van der Waals surface area contributed by atoms with Gasteiger partial charge in [0.05, 0.1) is 13.7 Å². The van der Waals surface area contributed by atoms with E-state index in [2.05, 4.69) is 15.9 Å². The highest BCUT2D eigenvalue weighted by Gasteiger charge is 2.08. The van der Waals surface area contributed by atoms with Gasteiger partial charge in [-0.05, 0) is 25.1 Å². The molecule has 16 heavy (non-hydrogen) atoms. The molecule has 0 heterocycles. The fraction of sp³-hybridized carbons (Fsp3) is 0.500. The Morgan fingerprint density at radius 1 is 1.31 bits per heavy atom. The molecule has 1 rings (SSSR count). The lowest BCUT2D eigenvalue weighted by atomic mass is 10.2. The van der Waals surface area contributed by atoms with Crippen LogP contribution in [0.4, 0.5) is 0 Å². The normalized spacial score (nSPS) is 12.2. The van der Waals surface area contributed by atoms with Gasteiger partial charge in [-0.25, -0.2) is 0 Å². The third-order valence-electron chi connectivity index (χ3n) is 2.14. The van der Waals surface area contributed by atoms with Crippen LogP contribution in [-0.4, -0.2) is 26.9 Å². The van der Waals surface area contributed by atoms with Crippen molar-refractivity contribution in [3.63, 3.8) is 0 Å². The van der Waals surface area contributed by atoms with Gasteiger partial charge in [0.2, 0.25) is 0 Å². The molecule has 0 spiro atoms. The van der Waals surface area contributed by atoms with E-state index in [0.29, 0.717) is 6.61 Å². The summed E-state index contributed by atoms with van der Waals surface area (Å²) in [6.45, 7) is 2.56. The van der Waals surface area contributed by atoms with Crippen molar-refractivity contribution < 1.29 is 14.2 Å². The van der Waals surface area contributed by atoms with Gasteiger partial charge >= 0.3 is 0 Å². The van der Waals surface area contributed by atoms with Crippen LogP contribution in [0.25, 0.3) is 0 Å². The maximum atomic E-state index is 5.77. The Bertz CT molecular complexity index is 328. The van der Waals surface area contributed by atoms with Gasteiger partial charge in [0.1, 0.15) is 17.6 Å². The molecule has 0 radical (unpaired) electrons. The Kier molecular flexibility index (Phi) is 5.63. The summed E-state index contributed by atoms with van der Waals surface area (Å²) in [4.78, 5) is 0. The Morgan fingerprint density at radius 3 is 2.62 bits per heavy atom. The molecule has 0 amide bonds. The average Bonchev–Trinajstić information content (AvgIpc) is 2.30. The SMILES string of the molecule is COCC(C)Oc1ccc(OC)cc1CBr.